The first kappa shape index (κ1) is 15.4. The van der Waals surface area contributed by atoms with Crippen molar-refractivity contribution in [2.45, 2.75) is 18.7 Å². The summed E-state index contributed by atoms with van der Waals surface area (Å²) < 4.78 is 38.8. The average molecular weight is 289 g/mol. The van der Waals surface area contributed by atoms with Crippen molar-refractivity contribution < 1.29 is 18.0 Å². The Morgan fingerprint density at radius 3 is 2.32 bits per heavy atom. The van der Waals surface area contributed by atoms with E-state index in [-0.39, 0.29) is 17.3 Å². The highest BCUT2D eigenvalue weighted by molar-refractivity contribution is 7.89. The molecule has 6 nitrogen and oxygen atoms in total. The van der Waals surface area contributed by atoms with Gasteiger partial charge in [0.25, 0.3) is 0 Å². The van der Waals surface area contributed by atoms with Gasteiger partial charge < -0.3 is 10.9 Å². The van der Waals surface area contributed by atoms with Gasteiger partial charge in [-0.15, -0.1) is 0 Å². The van der Waals surface area contributed by atoms with E-state index in [1.807, 2.05) is 0 Å². The number of aryl methyl sites for hydroxylation is 2. The van der Waals surface area contributed by atoms with Crippen molar-refractivity contribution in [2.75, 3.05) is 13.6 Å². The third-order valence-corrected chi connectivity index (χ3v) is 4.72. The second-order valence-electron chi connectivity index (χ2n) is 4.22. The van der Waals surface area contributed by atoms with E-state index in [9.17, 15) is 12.8 Å². The minimum atomic E-state index is -3.83. The zero-order valence-electron chi connectivity index (χ0n) is 10.9. The molecule has 1 rings (SSSR count). The van der Waals surface area contributed by atoms with Crippen LogP contribution in [0.25, 0.3) is 0 Å². The molecule has 106 valence electrons. The summed E-state index contributed by atoms with van der Waals surface area (Å²) in [7, 11) is -2.53. The SMILES string of the molecule is Cc1cc(F)cc(C)c1S(=O)(=O)N(C)CC(N)=NO. The van der Waals surface area contributed by atoms with Crippen LogP contribution in [0.1, 0.15) is 11.1 Å². The number of rotatable bonds is 4. The van der Waals surface area contributed by atoms with E-state index in [0.29, 0.717) is 11.1 Å². The van der Waals surface area contributed by atoms with Gasteiger partial charge in [-0.2, -0.15) is 4.31 Å². The van der Waals surface area contributed by atoms with E-state index in [2.05, 4.69) is 5.16 Å². The molecule has 0 aliphatic heterocycles. The first-order valence-electron chi connectivity index (χ1n) is 5.39. The predicted molar refractivity (Wildman–Crippen MR) is 69.1 cm³/mol. The van der Waals surface area contributed by atoms with Gasteiger partial charge in [-0.05, 0) is 37.1 Å². The number of hydrogen-bond acceptors (Lipinski definition) is 4. The summed E-state index contributed by atoms with van der Waals surface area (Å²) in [6, 6.07) is 2.30. The lowest BCUT2D eigenvalue weighted by atomic mass is 10.1. The topological polar surface area (TPSA) is 96.0 Å². The molecule has 0 spiro atoms. The molecular formula is C11H16FN3O3S. The van der Waals surface area contributed by atoms with Gasteiger partial charge in [0.2, 0.25) is 10.0 Å². The molecule has 0 aliphatic carbocycles. The fourth-order valence-electron chi connectivity index (χ4n) is 1.80. The molecule has 1 aromatic rings. The lowest BCUT2D eigenvalue weighted by molar-refractivity contribution is 0.315. The molecule has 19 heavy (non-hydrogen) atoms. The number of nitrogens with zero attached hydrogens (tertiary/aromatic N) is 2. The van der Waals surface area contributed by atoms with Crippen molar-refractivity contribution in [1.29, 1.82) is 0 Å². The highest BCUT2D eigenvalue weighted by Crippen LogP contribution is 2.24. The Hall–Kier alpha value is -1.67. The van der Waals surface area contributed by atoms with Crippen LogP contribution in [0.2, 0.25) is 0 Å². The summed E-state index contributed by atoms with van der Waals surface area (Å²) in [5.74, 6) is -0.725. The monoisotopic (exact) mass is 289 g/mol. The summed E-state index contributed by atoms with van der Waals surface area (Å²) in [4.78, 5) is 0.0298. The largest absolute Gasteiger partial charge is 0.409 e. The Morgan fingerprint density at radius 2 is 1.89 bits per heavy atom. The van der Waals surface area contributed by atoms with Crippen molar-refractivity contribution in [1.82, 2.24) is 4.31 Å². The molecule has 0 unspecified atom stereocenters. The number of likely N-dealkylation sites (N-methyl/N-ethyl adjacent to an activating group) is 1. The summed E-state index contributed by atoms with van der Waals surface area (Å²) >= 11 is 0. The smallest absolute Gasteiger partial charge is 0.243 e. The van der Waals surface area contributed by atoms with Crippen LogP contribution < -0.4 is 5.73 Å². The molecule has 0 heterocycles. The molecule has 8 heteroatoms. The molecule has 0 aliphatic rings. The number of amidine groups is 1. The standard InChI is InChI=1S/C11H16FN3O3S/c1-7-4-9(12)5-8(2)11(7)19(17,18)15(3)6-10(13)14-16/h4-5,16H,6H2,1-3H3,(H2,13,14). The minimum absolute atomic E-state index is 0.0298. The van der Waals surface area contributed by atoms with E-state index < -0.39 is 15.8 Å². The summed E-state index contributed by atoms with van der Waals surface area (Å²) in [5.41, 5.74) is 5.90. The molecule has 0 atom stereocenters. The van der Waals surface area contributed by atoms with Crippen LogP contribution in [0.4, 0.5) is 4.39 Å². The Labute approximate surface area is 111 Å². The van der Waals surface area contributed by atoms with Gasteiger partial charge in [0, 0.05) is 7.05 Å². The summed E-state index contributed by atoms with van der Waals surface area (Å²) in [6.45, 7) is 2.77. The lowest BCUT2D eigenvalue weighted by Crippen LogP contribution is -2.36. The van der Waals surface area contributed by atoms with Crippen molar-refractivity contribution >= 4 is 15.9 Å². The number of halogens is 1. The maximum Gasteiger partial charge on any atom is 0.243 e. The zero-order chi connectivity index (χ0) is 14.8. The van der Waals surface area contributed by atoms with E-state index >= 15 is 0 Å². The second kappa shape index (κ2) is 5.54. The van der Waals surface area contributed by atoms with Gasteiger partial charge in [-0.1, -0.05) is 5.16 Å². The third kappa shape index (κ3) is 3.21. The zero-order valence-corrected chi connectivity index (χ0v) is 11.7. The predicted octanol–water partition coefficient (Wildman–Crippen LogP) is 0.809. The molecule has 0 amide bonds. The number of oxime groups is 1. The first-order valence-corrected chi connectivity index (χ1v) is 6.83. The minimum Gasteiger partial charge on any atom is -0.409 e. The van der Waals surface area contributed by atoms with Crippen molar-refractivity contribution in [3.8, 4) is 0 Å². The Bertz CT molecular complexity index is 591. The Balaban J connectivity index is 3.28. The maximum atomic E-state index is 13.2. The molecule has 0 bridgehead atoms. The number of benzene rings is 1. The van der Waals surface area contributed by atoms with Crippen LogP contribution in [0.3, 0.4) is 0 Å². The van der Waals surface area contributed by atoms with E-state index in [0.717, 1.165) is 16.4 Å². The quantitative estimate of drug-likeness (QED) is 0.371. The van der Waals surface area contributed by atoms with Gasteiger partial charge in [-0.25, -0.2) is 12.8 Å². The van der Waals surface area contributed by atoms with E-state index in [1.165, 1.54) is 20.9 Å². The second-order valence-corrected chi connectivity index (χ2v) is 6.20. The highest BCUT2D eigenvalue weighted by Gasteiger charge is 2.26. The van der Waals surface area contributed by atoms with Gasteiger partial charge in [0.05, 0.1) is 11.4 Å². The molecule has 0 aromatic heterocycles. The van der Waals surface area contributed by atoms with Crippen molar-refractivity contribution in [2.24, 2.45) is 10.9 Å². The number of nitrogens with two attached hydrogens (primary N) is 1. The van der Waals surface area contributed by atoms with Crippen LogP contribution in [0.5, 0.6) is 0 Å². The van der Waals surface area contributed by atoms with Crippen LogP contribution in [-0.2, 0) is 10.0 Å². The molecular weight excluding hydrogens is 273 g/mol. The molecule has 1 aromatic carbocycles. The summed E-state index contributed by atoms with van der Waals surface area (Å²) in [6.07, 6.45) is 0. The maximum absolute atomic E-state index is 13.2. The van der Waals surface area contributed by atoms with Crippen LogP contribution in [-0.4, -0.2) is 37.4 Å². The van der Waals surface area contributed by atoms with Crippen LogP contribution >= 0.6 is 0 Å². The molecule has 0 radical (unpaired) electrons. The lowest BCUT2D eigenvalue weighted by Gasteiger charge is -2.19. The highest BCUT2D eigenvalue weighted by atomic mass is 32.2. The Morgan fingerprint density at radius 1 is 1.42 bits per heavy atom. The third-order valence-electron chi connectivity index (χ3n) is 2.61. The van der Waals surface area contributed by atoms with Gasteiger partial charge in [0.1, 0.15) is 5.82 Å². The molecule has 0 fully saturated rings. The van der Waals surface area contributed by atoms with Crippen LogP contribution in [0, 0.1) is 19.7 Å². The fourth-order valence-corrected chi connectivity index (χ4v) is 3.35. The first-order chi connectivity index (χ1) is 8.70. The average Bonchev–Trinajstić information content (AvgIpc) is 2.26. The Kier molecular flexibility index (Phi) is 4.48. The number of sulfonamides is 1. The van der Waals surface area contributed by atoms with Crippen molar-refractivity contribution in [3.63, 3.8) is 0 Å². The van der Waals surface area contributed by atoms with E-state index in [1.54, 1.807) is 0 Å². The fraction of sp³-hybridized carbons (Fsp3) is 0.364. The molecule has 0 saturated heterocycles. The molecule has 3 N–H and O–H groups in total. The number of hydrogen-bond donors (Lipinski definition) is 2. The normalized spacial score (nSPS) is 13.0. The van der Waals surface area contributed by atoms with Gasteiger partial charge >= 0.3 is 0 Å². The van der Waals surface area contributed by atoms with Gasteiger partial charge in [0.15, 0.2) is 5.84 Å². The van der Waals surface area contributed by atoms with E-state index in [4.69, 9.17) is 10.9 Å². The van der Waals surface area contributed by atoms with Crippen LogP contribution in [0.15, 0.2) is 22.2 Å². The van der Waals surface area contributed by atoms with Crippen molar-refractivity contribution in [3.05, 3.63) is 29.1 Å². The van der Waals surface area contributed by atoms with Gasteiger partial charge in [-0.3, -0.25) is 0 Å². The summed E-state index contributed by atoms with van der Waals surface area (Å²) in [5, 5.41) is 11.2. The molecule has 0 saturated carbocycles.